The molecule has 0 unspecified atom stereocenters. The third-order valence-electron chi connectivity index (χ3n) is 1.69. The summed E-state index contributed by atoms with van der Waals surface area (Å²) in [5.74, 6) is 0.657. The van der Waals surface area contributed by atoms with E-state index in [0.29, 0.717) is 10.9 Å². The van der Waals surface area contributed by atoms with Crippen LogP contribution in [0.5, 0.6) is 17.4 Å². The number of hydrogen-bond acceptors (Lipinski definition) is 4. The van der Waals surface area contributed by atoms with Crippen molar-refractivity contribution in [1.82, 2.24) is 10.2 Å². The zero-order valence-electron chi connectivity index (χ0n) is 7.59. The van der Waals surface area contributed by atoms with E-state index in [1.807, 2.05) is 0 Å². The van der Waals surface area contributed by atoms with Crippen LogP contribution in [-0.4, -0.2) is 15.3 Å². The van der Waals surface area contributed by atoms with Crippen LogP contribution < -0.4 is 4.74 Å². The van der Waals surface area contributed by atoms with Crippen LogP contribution >= 0.6 is 11.6 Å². The van der Waals surface area contributed by atoms with Crippen molar-refractivity contribution in [2.75, 3.05) is 0 Å². The minimum Gasteiger partial charge on any atom is -0.504 e. The Labute approximate surface area is 91.1 Å². The largest absolute Gasteiger partial charge is 0.504 e. The molecule has 0 fully saturated rings. The van der Waals surface area contributed by atoms with Gasteiger partial charge in [0.25, 0.3) is 0 Å². The number of ether oxygens (including phenoxy) is 1. The third-order valence-corrected chi connectivity index (χ3v) is 1.89. The molecule has 2 aromatic rings. The van der Waals surface area contributed by atoms with E-state index < -0.39 is 0 Å². The number of aromatic nitrogens is 2. The average molecular weight is 223 g/mol. The van der Waals surface area contributed by atoms with Crippen LogP contribution in [0.15, 0.2) is 36.4 Å². The smallest absolute Gasteiger partial charge is 0.239 e. The highest BCUT2D eigenvalue weighted by Gasteiger charge is 2.03. The fourth-order valence-electron chi connectivity index (χ4n) is 1.01. The van der Waals surface area contributed by atoms with Crippen LogP contribution in [0.4, 0.5) is 0 Å². The van der Waals surface area contributed by atoms with Gasteiger partial charge in [-0.2, -0.15) is 0 Å². The summed E-state index contributed by atoms with van der Waals surface area (Å²) < 4.78 is 5.28. The van der Waals surface area contributed by atoms with Crippen LogP contribution in [0.3, 0.4) is 0 Å². The van der Waals surface area contributed by atoms with Gasteiger partial charge < -0.3 is 9.84 Å². The van der Waals surface area contributed by atoms with Gasteiger partial charge in [0.15, 0.2) is 16.7 Å². The number of hydrogen-bond donors (Lipinski definition) is 1. The highest BCUT2D eigenvalue weighted by atomic mass is 35.5. The van der Waals surface area contributed by atoms with Gasteiger partial charge >= 0.3 is 0 Å². The number of phenolic OH excluding ortho intramolecular Hbond substituents is 1. The first kappa shape index (κ1) is 9.73. The Morgan fingerprint density at radius 1 is 1.07 bits per heavy atom. The van der Waals surface area contributed by atoms with E-state index in [9.17, 15) is 5.11 Å². The Morgan fingerprint density at radius 3 is 2.53 bits per heavy atom. The topological polar surface area (TPSA) is 55.2 Å². The Hall–Kier alpha value is -1.81. The van der Waals surface area contributed by atoms with Gasteiger partial charge in [-0.3, -0.25) is 0 Å². The predicted molar refractivity (Wildman–Crippen MR) is 55.2 cm³/mol. The van der Waals surface area contributed by atoms with E-state index >= 15 is 0 Å². The first-order valence-corrected chi connectivity index (χ1v) is 4.58. The van der Waals surface area contributed by atoms with Crippen molar-refractivity contribution >= 4 is 11.6 Å². The maximum atomic E-state index is 9.43. The summed E-state index contributed by atoms with van der Waals surface area (Å²) in [5, 5.41) is 17.0. The monoisotopic (exact) mass is 222 g/mol. The summed E-state index contributed by atoms with van der Waals surface area (Å²) >= 11 is 5.57. The van der Waals surface area contributed by atoms with Crippen LogP contribution in [0.2, 0.25) is 5.15 Å². The van der Waals surface area contributed by atoms with Gasteiger partial charge in [0.1, 0.15) is 0 Å². The van der Waals surface area contributed by atoms with Crippen LogP contribution in [0, 0.1) is 0 Å². The molecule has 2 rings (SSSR count). The normalized spacial score (nSPS) is 9.93. The Morgan fingerprint density at radius 2 is 1.87 bits per heavy atom. The molecule has 1 aromatic heterocycles. The summed E-state index contributed by atoms with van der Waals surface area (Å²) in [6.07, 6.45) is 0. The van der Waals surface area contributed by atoms with E-state index in [2.05, 4.69) is 10.2 Å². The fourth-order valence-corrected chi connectivity index (χ4v) is 1.12. The summed E-state index contributed by atoms with van der Waals surface area (Å²) in [4.78, 5) is 0. The molecule has 4 nitrogen and oxygen atoms in total. The Balaban J connectivity index is 2.22. The molecule has 0 aliphatic rings. The number of para-hydroxylation sites is 2. The molecule has 1 N–H and O–H groups in total. The molecule has 5 heteroatoms. The molecule has 15 heavy (non-hydrogen) atoms. The standard InChI is InChI=1S/C10H7ClN2O2/c11-9-5-6-10(13-12-9)15-8-4-2-1-3-7(8)14/h1-6,14H. The summed E-state index contributed by atoms with van der Waals surface area (Å²) in [7, 11) is 0. The third kappa shape index (κ3) is 2.35. The molecular weight excluding hydrogens is 216 g/mol. The minimum absolute atomic E-state index is 0.0502. The van der Waals surface area contributed by atoms with E-state index in [-0.39, 0.29) is 11.6 Å². The molecule has 0 aliphatic carbocycles. The number of rotatable bonds is 2. The molecule has 0 amide bonds. The molecule has 0 aliphatic heterocycles. The lowest BCUT2D eigenvalue weighted by molar-refractivity contribution is 0.399. The zero-order chi connectivity index (χ0) is 10.7. The van der Waals surface area contributed by atoms with Crippen molar-refractivity contribution in [1.29, 1.82) is 0 Å². The number of benzene rings is 1. The van der Waals surface area contributed by atoms with Gasteiger partial charge in [-0.1, -0.05) is 23.7 Å². The Kier molecular flexibility index (Phi) is 2.69. The maximum absolute atomic E-state index is 9.43. The van der Waals surface area contributed by atoms with Crippen molar-refractivity contribution in [3.8, 4) is 17.4 Å². The second kappa shape index (κ2) is 4.14. The molecule has 0 atom stereocenters. The van der Waals surface area contributed by atoms with Crippen LogP contribution in [-0.2, 0) is 0 Å². The van der Waals surface area contributed by atoms with E-state index in [0.717, 1.165) is 0 Å². The molecule has 76 valence electrons. The van der Waals surface area contributed by atoms with Crippen molar-refractivity contribution < 1.29 is 9.84 Å². The minimum atomic E-state index is 0.0502. The molecule has 0 radical (unpaired) electrons. The highest BCUT2D eigenvalue weighted by molar-refractivity contribution is 6.29. The predicted octanol–water partition coefficient (Wildman–Crippen LogP) is 2.63. The molecule has 0 saturated heterocycles. The number of nitrogens with zero attached hydrogens (tertiary/aromatic N) is 2. The van der Waals surface area contributed by atoms with Gasteiger partial charge in [0, 0.05) is 6.07 Å². The first-order chi connectivity index (χ1) is 7.25. The second-order valence-corrected chi connectivity index (χ2v) is 3.15. The molecule has 1 heterocycles. The Bertz CT molecular complexity index is 459. The van der Waals surface area contributed by atoms with Crippen molar-refractivity contribution in [2.24, 2.45) is 0 Å². The second-order valence-electron chi connectivity index (χ2n) is 2.76. The molecule has 0 saturated carbocycles. The van der Waals surface area contributed by atoms with Gasteiger partial charge in [0.05, 0.1) is 0 Å². The zero-order valence-corrected chi connectivity index (χ0v) is 8.35. The van der Waals surface area contributed by atoms with Crippen molar-refractivity contribution in [2.45, 2.75) is 0 Å². The van der Waals surface area contributed by atoms with E-state index in [1.165, 1.54) is 6.07 Å². The van der Waals surface area contributed by atoms with Crippen LogP contribution in [0.25, 0.3) is 0 Å². The highest BCUT2D eigenvalue weighted by Crippen LogP contribution is 2.28. The quantitative estimate of drug-likeness (QED) is 0.849. The van der Waals surface area contributed by atoms with Gasteiger partial charge in [-0.15, -0.1) is 10.2 Å². The van der Waals surface area contributed by atoms with Crippen LogP contribution in [0.1, 0.15) is 0 Å². The lowest BCUT2D eigenvalue weighted by Gasteiger charge is -2.04. The van der Waals surface area contributed by atoms with E-state index in [4.69, 9.17) is 16.3 Å². The first-order valence-electron chi connectivity index (χ1n) is 4.21. The van der Waals surface area contributed by atoms with Crippen molar-refractivity contribution in [3.05, 3.63) is 41.6 Å². The summed E-state index contributed by atoms with van der Waals surface area (Å²) in [6.45, 7) is 0. The lowest BCUT2D eigenvalue weighted by atomic mass is 10.3. The molecular formula is C10H7ClN2O2. The molecule has 0 bridgehead atoms. The average Bonchev–Trinajstić information content (AvgIpc) is 2.25. The number of halogens is 1. The fraction of sp³-hybridized carbons (Fsp3) is 0. The number of aromatic hydroxyl groups is 1. The van der Waals surface area contributed by atoms with Gasteiger partial charge in [-0.05, 0) is 18.2 Å². The van der Waals surface area contributed by atoms with Crippen molar-refractivity contribution in [3.63, 3.8) is 0 Å². The summed E-state index contributed by atoms with van der Waals surface area (Å²) in [6, 6.07) is 9.74. The number of phenols is 1. The van der Waals surface area contributed by atoms with E-state index in [1.54, 1.807) is 30.3 Å². The SMILES string of the molecule is Oc1ccccc1Oc1ccc(Cl)nn1. The maximum Gasteiger partial charge on any atom is 0.239 e. The molecule has 1 aromatic carbocycles. The summed E-state index contributed by atoms with van der Waals surface area (Å²) in [5.41, 5.74) is 0. The lowest BCUT2D eigenvalue weighted by Crippen LogP contribution is -1.90. The van der Waals surface area contributed by atoms with Gasteiger partial charge in [0.2, 0.25) is 5.88 Å². The van der Waals surface area contributed by atoms with Gasteiger partial charge in [-0.25, -0.2) is 0 Å². The molecule has 0 spiro atoms.